The summed E-state index contributed by atoms with van der Waals surface area (Å²) in [5.74, 6) is 0. The zero-order valence-corrected chi connectivity index (χ0v) is 14.1. The van der Waals surface area contributed by atoms with Gasteiger partial charge in [-0.2, -0.15) is 5.10 Å². The lowest BCUT2D eigenvalue weighted by atomic mass is 9.92. The number of hydrogen-bond donors (Lipinski definition) is 2. The summed E-state index contributed by atoms with van der Waals surface area (Å²) in [5, 5.41) is 7.70. The maximum Gasteiger partial charge on any atom is 0.0925 e. The average molecular weight is 301 g/mol. The molecule has 2 N–H and O–H groups in total. The van der Waals surface area contributed by atoms with Crippen LogP contribution in [-0.4, -0.2) is 31.6 Å². The third-order valence-corrected chi connectivity index (χ3v) is 4.49. The van der Waals surface area contributed by atoms with Crippen molar-refractivity contribution in [1.29, 1.82) is 0 Å². The van der Waals surface area contributed by atoms with E-state index in [0.29, 0.717) is 6.04 Å². The van der Waals surface area contributed by atoms with Gasteiger partial charge in [-0.25, -0.2) is 4.98 Å². The highest BCUT2D eigenvalue weighted by molar-refractivity contribution is 5.21. The van der Waals surface area contributed by atoms with Crippen LogP contribution in [0.2, 0.25) is 0 Å². The molecule has 0 aromatic carbocycles. The number of fused-ring (bicyclic) bond motifs is 1. The highest BCUT2D eigenvalue weighted by atomic mass is 15.2. The van der Waals surface area contributed by atoms with Gasteiger partial charge in [-0.05, 0) is 12.5 Å². The minimum absolute atomic E-state index is 0.0921. The molecule has 5 nitrogen and oxygen atoms in total. The minimum atomic E-state index is 0.0921. The van der Waals surface area contributed by atoms with Crippen LogP contribution in [0, 0.1) is 0 Å². The maximum atomic E-state index is 4.57. The molecular weight excluding hydrogens is 274 g/mol. The largest absolute Gasteiger partial charge is 0.348 e. The lowest BCUT2D eigenvalue weighted by Gasteiger charge is -2.34. The number of nitrogens with zero attached hydrogens (tertiary/aromatic N) is 3. The van der Waals surface area contributed by atoms with Gasteiger partial charge in [0.1, 0.15) is 0 Å². The summed E-state index contributed by atoms with van der Waals surface area (Å²) in [5.41, 5.74) is 4.98. The minimum Gasteiger partial charge on any atom is -0.348 e. The predicted molar refractivity (Wildman–Crippen MR) is 87.6 cm³/mol. The third kappa shape index (κ3) is 2.95. The van der Waals surface area contributed by atoms with Crippen molar-refractivity contribution < 1.29 is 0 Å². The normalized spacial score (nSPS) is 19.4. The second-order valence-corrected chi connectivity index (χ2v) is 7.32. The Labute approximate surface area is 132 Å². The zero-order valence-electron chi connectivity index (χ0n) is 14.1. The molecule has 5 heteroatoms. The molecule has 0 fully saturated rings. The monoisotopic (exact) mass is 301 g/mol. The van der Waals surface area contributed by atoms with E-state index in [-0.39, 0.29) is 5.41 Å². The number of H-pyrrole nitrogens is 2. The fourth-order valence-electron chi connectivity index (χ4n) is 3.23. The van der Waals surface area contributed by atoms with Crippen LogP contribution in [0.1, 0.15) is 69.4 Å². The molecule has 2 aromatic heterocycles. The summed E-state index contributed by atoms with van der Waals surface area (Å²) in [7, 11) is 0. The third-order valence-electron chi connectivity index (χ3n) is 4.49. The highest BCUT2D eigenvalue weighted by Crippen LogP contribution is 2.32. The Hall–Kier alpha value is -1.62. The first-order valence-corrected chi connectivity index (χ1v) is 8.30. The molecule has 22 heavy (non-hydrogen) atoms. The molecule has 0 saturated heterocycles. The zero-order chi connectivity index (χ0) is 15.7. The van der Waals surface area contributed by atoms with Crippen molar-refractivity contribution >= 4 is 0 Å². The van der Waals surface area contributed by atoms with Gasteiger partial charge in [-0.15, -0.1) is 0 Å². The van der Waals surface area contributed by atoms with Crippen LogP contribution in [0.4, 0.5) is 0 Å². The summed E-state index contributed by atoms with van der Waals surface area (Å²) >= 11 is 0. The van der Waals surface area contributed by atoms with Gasteiger partial charge in [0, 0.05) is 36.3 Å². The number of rotatable bonds is 4. The maximum absolute atomic E-state index is 4.57. The van der Waals surface area contributed by atoms with E-state index in [9.17, 15) is 0 Å². The predicted octanol–water partition coefficient (Wildman–Crippen LogP) is 3.33. The number of hydrogen-bond acceptors (Lipinski definition) is 3. The Morgan fingerprint density at radius 3 is 2.86 bits per heavy atom. The quantitative estimate of drug-likeness (QED) is 0.910. The Morgan fingerprint density at radius 1 is 1.36 bits per heavy atom. The number of nitrogens with one attached hydrogen (secondary N) is 2. The van der Waals surface area contributed by atoms with Crippen LogP contribution in [0.15, 0.2) is 12.4 Å². The van der Waals surface area contributed by atoms with Crippen LogP contribution < -0.4 is 0 Å². The highest BCUT2D eigenvalue weighted by Gasteiger charge is 2.29. The van der Waals surface area contributed by atoms with E-state index in [4.69, 9.17) is 0 Å². The van der Waals surface area contributed by atoms with E-state index in [2.05, 4.69) is 58.8 Å². The second kappa shape index (κ2) is 5.88. The van der Waals surface area contributed by atoms with Crippen molar-refractivity contribution in [2.75, 3.05) is 6.54 Å². The number of aromatic nitrogens is 4. The van der Waals surface area contributed by atoms with Crippen LogP contribution in [0.25, 0.3) is 0 Å². The van der Waals surface area contributed by atoms with Gasteiger partial charge < -0.3 is 4.98 Å². The molecule has 0 amide bonds. The van der Waals surface area contributed by atoms with E-state index >= 15 is 0 Å². The summed E-state index contributed by atoms with van der Waals surface area (Å²) in [6.07, 6.45) is 5.21. The Bertz CT molecular complexity index is 619. The van der Waals surface area contributed by atoms with E-state index < -0.39 is 0 Å². The van der Waals surface area contributed by atoms with Gasteiger partial charge in [-0.3, -0.25) is 10.00 Å². The molecule has 0 unspecified atom stereocenters. The van der Waals surface area contributed by atoms with E-state index in [1.165, 1.54) is 23.5 Å². The first-order chi connectivity index (χ1) is 10.5. The van der Waals surface area contributed by atoms with Gasteiger partial charge in [0.05, 0.1) is 23.8 Å². The van der Waals surface area contributed by atoms with Crippen LogP contribution in [0.5, 0.6) is 0 Å². The van der Waals surface area contributed by atoms with E-state index in [1.54, 1.807) is 0 Å². The molecule has 3 rings (SSSR count). The first-order valence-electron chi connectivity index (χ1n) is 8.30. The molecule has 0 saturated carbocycles. The summed E-state index contributed by atoms with van der Waals surface area (Å²) in [4.78, 5) is 10.4. The Morgan fingerprint density at radius 2 is 2.18 bits per heavy atom. The number of imidazole rings is 1. The average Bonchev–Trinajstić information content (AvgIpc) is 3.09. The summed E-state index contributed by atoms with van der Waals surface area (Å²) < 4.78 is 0. The molecule has 0 spiro atoms. The van der Waals surface area contributed by atoms with Crippen LogP contribution >= 0.6 is 0 Å². The fourth-order valence-corrected chi connectivity index (χ4v) is 3.23. The van der Waals surface area contributed by atoms with Gasteiger partial charge in [-0.1, -0.05) is 34.1 Å². The van der Waals surface area contributed by atoms with Crippen molar-refractivity contribution in [3.8, 4) is 0 Å². The van der Waals surface area contributed by atoms with Crippen molar-refractivity contribution in [3.05, 3.63) is 35.2 Å². The summed E-state index contributed by atoms with van der Waals surface area (Å²) in [6.45, 7) is 10.8. The first kappa shape index (κ1) is 15.3. The molecule has 120 valence electrons. The SMILES string of the molecule is CCC[C@H]1c2nc[nH]c2CCN1Cc1cc(C(C)(C)C)n[nH]1. The van der Waals surface area contributed by atoms with Gasteiger partial charge in [0.2, 0.25) is 0 Å². The van der Waals surface area contributed by atoms with Gasteiger partial charge >= 0.3 is 0 Å². The van der Waals surface area contributed by atoms with Gasteiger partial charge in [0.25, 0.3) is 0 Å². The second-order valence-electron chi connectivity index (χ2n) is 7.32. The van der Waals surface area contributed by atoms with Crippen molar-refractivity contribution in [1.82, 2.24) is 25.1 Å². The summed E-state index contributed by atoms with van der Waals surface area (Å²) in [6, 6.07) is 2.63. The van der Waals surface area contributed by atoms with Crippen molar-refractivity contribution in [2.24, 2.45) is 0 Å². The van der Waals surface area contributed by atoms with E-state index in [1.807, 2.05) is 6.33 Å². The van der Waals surface area contributed by atoms with Crippen molar-refractivity contribution in [3.63, 3.8) is 0 Å². The van der Waals surface area contributed by atoms with E-state index in [0.717, 1.165) is 31.6 Å². The van der Waals surface area contributed by atoms with Crippen molar-refractivity contribution in [2.45, 2.75) is 65.0 Å². The molecule has 2 aromatic rings. The van der Waals surface area contributed by atoms with Crippen LogP contribution in [-0.2, 0) is 18.4 Å². The molecule has 0 radical (unpaired) electrons. The molecule has 0 aliphatic carbocycles. The molecule has 1 aliphatic heterocycles. The lowest BCUT2D eigenvalue weighted by molar-refractivity contribution is 0.160. The standard InChI is InChI=1S/C17H27N5/c1-5-6-14-16-13(18-11-19-16)7-8-22(14)10-12-9-15(21-20-12)17(2,3)4/h9,11,14H,5-8,10H2,1-4H3,(H,18,19)(H,20,21)/t14-/m0/s1. The molecule has 1 atom stereocenters. The lowest BCUT2D eigenvalue weighted by Crippen LogP contribution is -2.35. The topological polar surface area (TPSA) is 60.6 Å². The molecule has 3 heterocycles. The fraction of sp³-hybridized carbons (Fsp3) is 0.647. The molecular formula is C17H27N5. The van der Waals surface area contributed by atoms with Gasteiger partial charge in [0.15, 0.2) is 0 Å². The molecule has 0 bridgehead atoms. The smallest absolute Gasteiger partial charge is 0.0925 e. The number of aromatic amines is 2. The Kier molecular flexibility index (Phi) is 4.08. The Balaban J connectivity index is 1.78. The van der Waals surface area contributed by atoms with Crippen LogP contribution in [0.3, 0.4) is 0 Å². The molecule has 1 aliphatic rings.